The molecule has 0 aliphatic carbocycles. The smallest absolute Gasteiger partial charge is 0.187 e. The summed E-state index contributed by atoms with van der Waals surface area (Å²) in [6.45, 7) is 1.92. The van der Waals surface area contributed by atoms with E-state index in [0.29, 0.717) is 5.56 Å². The van der Waals surface area contributed by atoms with Gasteiger partial charge >= 0.3 is 0 Å². The third-order valence-electron chi connectivity index (χ3n) is 3.25. The van der Waals surface area contributed by atoms with Gasteiger partial charge in [-0.25, -0.2) is 0 Å². The summed E-state index contributed by atoms with van der Waals surface area (Å²) in [5.74, 6) is -0.0407. The Labute approximate surface area is 135 Å². The molecule has 0 saturated heterocycles. The molecule has 3 aromatic rings. The molecule has 3 nitrogen and oxygen atoms in total. The molecule has 110 valence electrons. The lowest BCUT2D eigenvalue weighted by Gasteiger charge is -1.99. The maximum Gasteiger partial charge on any atom is 0.187 e. The lowest BCUT2D eigenvalue weighted by Crippen LogP contribution is -1.95. The van der Waals surface area contributed by atoms with Gasteiger partial charge in [0.2, 0.25) is 0 Å². The summed E-state index contributed by atoms with van der Waals surface area (Å²) in [4.78, 5) is 20.2. The second-order valence-corrected chi connectivity index (χ2v) is 4.93. The molecule has 3 rings (SSSR count). The van der Waals surface area contributed by atoms with Gasteiger partial charge in [0.05, 0.1) is 0 Å². The number of fused-ring (bicyclic) bond motifs is 1. The van der Waals surface area contributed by atoms with E-state index in [2.05, 4.69) is 9.97 Å². The van der Waals surface area contributed by atoms with Crippen molar-refractivity contribution in [1.29, 1.82) is 0 Å². The molecule has 22 heavy (non-hydrogen) atoms. The Morgan fingerprint density at radius 3 is 2.68 bits per heavy atom. The van der Waals surface area contributed by atoms with Crippen molar-refractivity contribution in [3.05, 3.63) is 77.9 Å². The molecule has 0 aliphatic heterocycles. The highest BCUT2D eigenvalue weighted by Gasteiger charge is 2.02. The number of hydrogen-bond donors (Lipinski definition) is 0. The predicted molar refractivity (Wildman–Crippen MR) is 91.3 cm³/mol. The van der Waals surface area contributed by atoms with Crippen molar-refractivity contribution in [1.82, 2.24) is 9.97 Å². The number of aryl methyl sites for hydroxylation is 1. The predicted octanol–water partition coefficient (Wildman–Crippen LogP) is 4.26. The van der Waals surface area contributed by atoms with Crippen LogP contribution in [0.15, 0.2) is 61.2 Å². The van der Waals surface area contributed by atoms with Gasteiger partial charge in [-0.2, -0.15) is 0 Å². The van der Waals surface area contributed by atoms with Gasteiger partial charge in [0.15, 0.2) is 5.78 Å². The third-order valence-corrected chi connectivity index (χ3v) is 3.25. The summed E-state index contributed by atoms with van der Waals surface area (Å²) in [5.41, 5.74) is 2.58. The molecule has 4 heteroatoms. The van der Waals surface area contributed by atoms with Gasteiger partial charge in [0.1, 0.15) is 0 Å². The van der Waals surface area contributed by atoms with Crippen LogP contribution in [0.5, 0.6) is 0 Å². The van der Waals surface area contributed by atoms with Gasteiger partial charge in [-0.15, -0.1) is 12.4 Å². The van der Waals surface area contributed by atoms with Gasteiger partial charge in [0.25, 0.3) is 0 Å². The minimum atomic E-state index is -0.0407. The van der Waals surface area contributed by atoms with Crippen LogP contribution < -0.4 is 0 Å². The van der Waals surface area contributed by atoms with Crippen molar-refractivity contribution >= 4 is 35.0 Å². The molecule has 0 saturated carbocycles. The number of allylic oxidation sites excluding steroid dienone is 1. The van der Waals surface area contributed by atoms with E-state index in [0.717, 1.165) is 21.9 Å². The molecule has 2 heterocycles. The van der Waals surface area contributed by atoms with Gasteiger partial charge in [0, 0.05) is 35.7 Å². The number of aromatic nitrogens is 2. The van der Waals surface area contributed by atoms with Crippen LogP contribution in [0.4, 0.5) is 0 Å². The zero-order valence-corrected chi connectivity index (χ0v) is 12.9. The average Bonchev–Trinajstić information content (AvgIpc) is 2.52. The first-order valence-electron chi connectivity index (χ1n) is 6.70. The molecule has 0 atom stereocenters. The minimum Gasteiger partial charge on any atom is -0.289 e. The number of pyridine rings is 2. The Kier molecular flexibility index (Phi) is 5.02. The van der Waals surface area contributed by atoms with E-state index in [9.17, 15) is 4.79 Å². The molecule has 0 fully saturated rings. The third kappa shape index (κ3) is 3.57. The van der Waals surface area contributed by atoms with E-state index < -0.39 is 0 Å². The van der Waals surface area contributed by atoms with E-state index in [-0.39, 0.29) is 18.2 Å². The van der Waals surface area contributed by atoms with Crippen LogP contribution in [0.3, 0.4) is 0 Å². The first kappa shape index (κ1) is 15.9. The highest BCUT2D eigenvalue weighted by Crippen LogP contribution is 2.15. The van der Waals surface area contributed by atoms with Crippen LogP contribution in [0.25, 0.3) is 16.8 Å². The molecular weight excluding hydrogens is 296 g/mol. The molecule has 1 aromatic carbocycles. The second kappa shape index (κ2) is 6.96. The van der Waals surface area contributed by atoms with E-state index in [4.69, 9.17) is 0 Å². The number of carbonyl (C=O) groups excluding carboxylic acids is 1. The Hall–Kier alpha value is -2.52. The molecule has 0 N–H and O–H groups in total. The van der Waals surface area contributed by atoms with Crippen LogP contribution >= 0.6 is 12.4 Å². The van der Waals surface area contributed by atoms with Crippen molar-refractivity contribution in [2.24, 2.45) is 0 Å². The van der Waals surface area contributed by atoms with Gasteiger partial charge in [-0.05, 0) is 47.7 Å². The SMILES string of the molecule is Cc1cncc(C(=O)/C=C/c2ccc3cnccc3c2)c1.Cl. The topological polar surface area (TPSA) is 42.9 Å². The summed E-state index contributed by atoms with van der Waals surface area (Å²) in [6.07, 6.45) is 10.3. The minimum absolute atomic E-state index is 0. The molecule has 0 bridgehead atoms. The van der Waals surface area contributed by atoms with E-state index in [1.54, 1.807) is 24.7 Å². The van der Waals surface area contributed by atoms with Crippen LogP contribution in [0.2, 0.25) is 0 Å². The Morgan fingerprint density at radius 2 is 1.86 bits per heavy atom. The normalized spacial score (nSPS) is 10.6. The Bertz CT molecular complexity index is 843. The van der Waals surface area contributed by atoms with E-state index in [1.807, 2.05) is 49.5 Å². The largest absolute Gasteiger partial charge is 0.289 e. The summed E-state index contributed by atoms with van der Waals surface area (Å²) in [5, 5.41) is 2.20. The molecular formula is C18H15ClN2O. The number of halogens is 1. The van der Waals surface area contributed by atoms with Crippen LogP contribution in [-0.2, 0) is 0 Å². The fourth-order valence-corrected chi connectivity index (χ4v) is 2.16. The van der Waals surface area contributed by atoms with Crippen LogP contribution in [0.1, 0.15) is 21.5 Å². The van der Waals surface area contributed by atoms with Crippen molar-refractivity contribution in [3.8, 4) is 0 Å². The number of benzene rings is 1. The summed E-state index contributed by atoms with van der Waals surface area (Å²) >= 11 is 0. The monoisotopic (exact) mass is 310 g/mol. The number of rotatable bonds is 3. The Balaban J connectivity index is 0.00000176. The average molecular weight is 311 g/mol. The van der Waals surface area contributed by atoms with Gasteiger partial charge < -0.3 is 0 Å². The number of carbonyl (C=O) groups is 1. The van der Waals surface area contributed by atoms with Crippen LogP contribution in [0, 0.1) is 6.92 Å². The quantitative estimate of drug-likeness (QED) is 0.536. The maximum atomic E-state index is 12.1. The fourth-order valence-electron chi connectivity index (χ4n) is 2.16. The number of ketones is 1. The standard InChI is InChI=1S/C18H14N2O.ClH/c1-13-8-17(12-20-10-13)18(21)5-3-14-2-4-16-11-19-7-6-15(16)9-14;/h2-12H,1H3;1H/b5-3+;. The second-order valence-electron chi connectivity index (χ2n) is 4.93. The zero-order valence-electron chi connectivity index (χ0n) is 12.1. The van der Waals surface area contributed by atoms with E-state index >= 15 is 0 Å². The highest BCUT2D eigenvalue weighted by molar-refractivity contribution is 6.06. The zero-order chi connectivity index (χ0) is 14.7. The summed E-state index contributed by atoms with van der Waals surface area (Å²) in [7, 11) is 0. The summed E-state index contributed by atoms with van der Waals surface area (Å²) in [6, 6.07) is 9.81. The van der Waals surface area contributed by atoms with E-state index in [1.165, 1.54) is 0 Å². The van der Waals surface area contributed by atoms with Crippen molar-refractivity contribution in [2.45, 2.75) is 6.92 Å². The maximum absolute atomic E-state index is 12.1. The molecule has 0 unspecified atom stereocenters. The van der Waals surface area contributed by atoms with Crippen molar-refractivity contribution in [3.63, 3.8) is 0 Å². The molecule has 0 aliphatic rings. The molecule has 0 spiro atoms. The number of nitrogens with zero attached hydrogens (tertiary/aromatic N) is 2. The first-order chi connectivity index (χ1) is 10.2. The highest BCUT2D eigenvalue weighted by atomic mass is 35.5. The van der Waals surface area contributed by atoms with Crippen LogP contribution in [-0.4, -0.2) is 15.8 Å². The van der Waals surface area contributed by atoms with Gasteiger partial charge in [-0.3, -0.25) is 14.8 Å². The van der Waals surface area contributed by atoms with Crippen molar-refractivity contribution < 1.29 is 4.79 Å². The molecule has 0 radical (unpaired) electrons. The lowest BCUT2D eigenvalue weighted by molar-refractivity contribution is 0.104. The van der Waals surface area contributed by atoms with Crippen molar-refractivity contribution in [2.75, 3.05) is 0 Å². The fraction of sp³-hybridized carbons (Fsp3) is 0.0556. The first-order valence-corrected chi connectivity index (χ1v) is 6.70. The molecule has 2 aromatic heterocycles. The lowest BCUT2D eigenvalue weighted by atomic mass is 10.1. The van der Waals surface area contributed by atoms with Gasteiger partial charge in [-0.1, -0.05) is 18.2 Å². The Morgan fingerprint density at radius 1 is 1.00 bits per heavy atom. The summed E-state index contributed by atoms with van der Waals surface area (Å²) < 4.78 is 0. The molecule has 0 amide bonds. The number of hydrogen-bond acceptors (Lipinski definition) is 3.